The van der Waals surface area contributed by atoms with Gasteiger partial charge in [-0.1, -0.05) is 0 Å². The van der Waals surface area contributed by atoms with E-state index in [0.29, 0.717) is 10.8 Å². The summed E-state index contributed by atoms with van der Waals surface area (Å²) in [5, 5.41) is 8.80. The quantitative estimate of drug-likeness (QED) is 0.481. The van der Waals surface area contributed by atoms with Gasteiger partial charge in [-0.05, 0) is 56.1 Å². The van der Waals surface area contributed by atoms with Gasteiger partial charge >= 0.3 is 6.61 Å². The number of benzene rings is 2. The number of ether oxygens (including phenoxy) is 1. The summed E-state index contributed by atoms with van der Waals surface area (Å²) in [5.74, 6) is -3.16. The Kier molecular flexibility index (Phi) is 8.04. The monoisotopic (exact) mass is 486 g/mol. The number of hydrogen-bond acceptors (Lipinski definition) is 4. The van der Waals surface area contributed by atoms with Crippen molar-refractivity contribution >= 4 is 44.4 Å². The maximum atomic E-state index is 13.2. The summed E-state index contributed by atoms with van der Waals surface area (Å²) in [5.41, 5.74) is -0.506. The molecular weight excluding hydrogens is 480 g/mol. The van der Waals surface area contributed by atoms with Gasteiger partial charge in [0.25, 0.3) is 0 Å². The van der Waals surface area contributed by atoms with E-state index in [0.717, 1.165) is 6.07 Å². The van der Waals surface area contributed by atoms with E-state index in [4.69, 9.17) is 5.11 Å². The third-order valence-electron chi connectivity index (χ3n) is 2.65. The lowest BCUT2D eigenvalue weighted by Crippen LogP contribution is -2.05. The molecule has 1 N–H and O–H groups in total. The molecule has 0 spiro atoms. The first-order valence-corrected chi connectivity index (χ1v) is 7.81. The fourth-order valence-corrected chi connectivity index (χ4v) is 2.31. The minimum Gasteiger partial charge on any atom is -0.505 e. The molecule has 4 nitrogen and oxygen atoms in total. The molecule has 0 amide bonds. The molecule has 10 heteroatoms. The van der Waals surface area contributed by atoms with Gasteiger partial charge in [0.05, 0.1) is 11.1 Å². The first-order valence-electron chi connectivity index (χ1n) is 6.23. The summed E-state index contributed by atoms with van der Waals surface area (Å²) in [4.78, 5) is 20.6. The van der Waals surface area contributed by atoms with E-state index in [1.165, 1.54) is 18.2 Å². The predicted molar refractivity (Wildman–Crippen MR) is 87.3 cm³/mol. The summed E-state index contributed by atoms with van der Waals surface area (Å²) in [7, 11) is 0. The Morgan fingerprint density at radius 2 is 1.40 bits per heavy atom. The topological polar surface area (TPSA) is 63.6 Å². The SMILES string of the molecule is O=Cc1c(Br)ccc(O)c1F.O=Cc1c(Br)ccc(OC(F)F)c1F. The molecule has 0 radical (unpaired) electrons. The van der Waals surface area contributed by atoms with Crippen molar-refractivity contribution in [1.29, 1.82) is 0 Å². The van der Waals surface area contributed by atoms with Gasteiger partial charge in [-0.3, -0.25) is 9.59 Å². The maximum Gasteiger partial charge on any atom is 0.387 e. The van der Waals surface area contributed by atoms with Crippen LogP contribution in [0.15, 0.2) is 33.2 Å². The number of phenolic OH excluding ortho intramolecular Hbond substituents is 1. The minimum atomic E-state index is -3.12. The van der Waals surface area contributed by atoms with Crippen LogP contribution < -0.4 is 4.74 Å². The highest BCUT2D eigenvalue weighted by Crippen LogP contribution is 2.27. The van der Waals surface area contributed by atoms with Crippen molar-refractivity contribution in [1.82, 2.24) is 0 Å². The van der Waals surface area contributed by atoms with E-state index < -0.39 is 29.7 Å². The van der Waals surface area contributed by atoms with Crippen molar-refractivity contribution in [2.75, 3.05) is 0 Å². The van der Waals surface area contributed by atoms with E-state index in [2.05, 4.69) is 36.6 Å². The summed E-state index contributed by atoms with van der Waals surface area (Å²) in [6.45, 7) is -3.12. The van der Waals surface area contributed by atoms with Crippen LogP contribution in [-0.4, -0.2) is 24.3 Å². The fourth-order valence-electron chi connectivity index (χ4n) is 1.51. The predicted octanol–water partition coefficient (Wildman–Crippen LogP) is 5.11. The van der Waals surface area contributed by atoms with Crippen LogP contribution in [0, 0.1) is 11.6 Å². The van der Waals surface area contributed by atoms with Crippen molar-refractivity contribution in [2.45, 2.75) is 6.61 Å². The number of halogens is 6. The van der Waals surface area contributed by atoms with E-state index in [-0.39, 0.29) is 21.9 Å². The van der Waals surface area contributed by atoms with Crippen LogP contribution in [0.3, 0.4) is 0 Å². The smallest absolute Gasteiger partial charge is 0.387 e. The van der Waals surface area contributed by atoms with Crippen LogP contribution in [0.5, 0.6) is 11.5 Å². The van der Waals surface area contributed by atoms with Crippen molar-refractivity contribution < 1.29 is 37.0 Å². The number of rotatable bonds is 4. The number of carbonyl (C=O) groups excluding carboxylic acids is 2. The Bertz CT molecular complexity index is 785. The third kappa shape index (κ3) is 5.53. The summed E-state index contributed by atoms with van der Waals surface area (Å²) in [6.07, 6.45) is 0.566. The lowest BCUT2D eigenvalue weighted by atomic mass is 10.2. The fraction of sp³-hybridized carbons (Fsp3) is 0.0667. The Morgan fingerprint density at radius 3 is 1.84 bits per heavy atom. The van der Waals surface area contributed by atoms with Crippen molar-refractivity contribution in [3.05, 3.63) is 56.0 Å². The molecule has 0 saturated heterocycles. The molecular formula is C15H8Br2F4O4. The van der Waals surface area contributed by atoms with Crippen molar-refractivity contribution in [3.8, 4) is 11.5 Å². The van der Waals surface area contributed by atoms with Crippen LogP contribution in [0.2, 0.25) is 0 Å². The van der Waals surface area contributed by atoms with Crippen molar-refractivity contribution in [2.24, 2.45) is 0 Å². The summed E-state index contributed by atoms with van der Waals surface area (Å²) < 4.78 is 53.8. The Morgan fingerprint density at radius 1 is 0.920 bits per heavy atom. The molecule has 2 rings (SSSR count). The lowest BCUT2D eigenvalue weighted by Gasteiger charge is -2.07. The maximum absolute atomic E-state index is 13.2. The van der Waals surface area contributed by atoms with Crippen LogP contribution in [0.4, 0.5) is 17.6 Å². The third-order valence-corrected chi connectivity index (χ3v) is 4.03. The standard InChI is InChI=1S/C8H4BrF3O2.C7H4BrFO2/c9-5-1-2-6(14-8(11)12)7(10)4(5)3-13;8-5-1-2-6(11)7(9)4(5)3-10/h1-3,8H;1-3,11H. The zero-order valence-electron chi connectivity index (χ0n) is 12.0. The molecule has 0 aliphatic carbocycles. The van der Waals surface area contributed by atoms with E-state index in [1.54, 1.807) is 0 Å². The van der Waals surface area contributed by atoms with Gasteiger partial charge < -0.3 is 9.84 Å². The molecule has 0 unspecified atom stereocenters. The van der Waals surface area contributed by atoms with Crippen LogP contribution >= 0.6 is 31.9 Å². The molecule has 2 aromatic rings. The van der Waals surface area contributed by atoms with Gasteiger partial charge in [0, 0.05) is 8.95 Å². The zero-order chi connectivity index (χ0) is 19.1. The Labute approximate surface area is 155 Å². The molecule has 0 saturated carbocycles. The molecule has 0 atom stereocenters. The van der Waals surface area contributed by atoms with Crippen molar-refractivity contribution in [3.63, 3.8) is 0 Å². The first-order chi connectivity index (χ1) is 11.7. The average molecular weight is 488 g/mol. The minimum absolute atomic E-state index is 0.162. The van der Waals surface area contributed by atoms with Crippen LogP contribution in [-0.2, 0) is 0 Å². The van der Waals surface area contributed by atoms with Gasteiger partial charge in [-0.15, -0.1) is 0 Å². The molecule has 134 valence electrons. The molecule has 0 heterocycles. The molecule has 0 bridgehead atoms. The Hall–Kier alpha value is -1.94. The molecule has 0 fully saturated rings. The Balaban J connectivity index is 0.000000257. The van der Waals surface area contributed by atoms with Gasteiger partial charge in [0.1, 0.15) is 0 Å². The first kappa shape index (κ1) is 21.1. The highest BCUT2D eigenvalue weighted by atomic mass is 79.9. The molecule has 25 heavy (non-hydrogen) atoms. The number of aldehydes is 2. The van der Waals surface area contributed by atoms with Gasteiger partial charge in [-0.2, -0.15) is 8.78 Å². The van der Waals surface area contributed by atoms with E-state index in [1.807, 2.05) is 0 Å². The van der Waals surface area contributed by atoms with Crippen LogP contribution in [0.25, 0.3) is 0 Å². The lowest BCUT2D eigenvalue weighted by molar-refractivity contribution is -0.0522. The summed E-state index contributed by atoms with van der Waals surface area (Å²) in [6, 6.07) is 4.84. The highest BCUT2D eigenvalue weighted by molar-refractivity contribution is 9.10. The number of carbonyl (C=O) groups is 2. The van der Waals surface area contributed by atoms with Crippen LogP contribution in [0.1, 0.15) is 20.7 Å². The van der Waals surface area contributed by atoms with E-state index in [9.17, 15) is 27.2 Å². The largest absolute Gasteiger partial charge is 0.505 e. The zero-order valence-corrected chi connectivity index (χ0v) is 15.2. The second kappa shape index (κ2) is 9.52. The molecule has 0 aromatic heterocycles. The number of phenols is 1. The average Bonchev–Trinajstić information content (AvgIpc) is 2.55. The van der Waals surface area contributed by atoms with Gasteiger partial charge in [0.15, 0.2) is 35.7 Å². The van der Waals surface area contributed by atoms with E-state index >= 15 is 0 Å². The molecule has 0 aliphatic heterocycles. The highest BCUT2D eigenvalue weighted by Gasteiger charge is 2.15. The number of aromatic hydroxyl groups is 1. The summed E-state index contributed by atoms with van der Waals surface area (Å²) >= 11 is 5.85. The molecule has 0 aliphatic rings. The normalized spacial score (nSPS) is 10.0. The second-order valence-corrected chi connectivity index (χ2v) is 5.89. The second-order valence-electron chi connectivity index (χ2n) is 4.18. The molecule has 2 aromatic carbocycles. The van der Waals surface area contributed by atoms with Gasteiger partial charge in [-0.25, -0.2) is 8.78 Å². The number of alkyl halides is 2. The number of hydrogen-bond donors (Lipinski definition) is 1. The van der Waals surface area contributed by atoms with Gasteiger partial charge in [0.2, 0.25) is 0 Å².